The Morgan fingerprint density at radius 2 is 1.88 bits per heavy atom. The van der Waals surface area contributed by atoms with Crippen LogP contribution in [0.5, 0.6) is 0 Å². The molecule has 0 spiro atoms. The molecule has 2 aromatic rings. The van der Waals surface area contributed by atoms with Crippen molar-refractivity contribution >= 4 is 11.9 Å². The van der Waals surface area contributed by atoms with Crippen molar-refractivity contribution in [2.24, 2.45) is 0 Å². The van der Waals surface area contributed by atoms with E-state index in [2.05, 4.69) is 9.97 Å². The number of hydrogen-bond donors (Lipinski definition) is 2. The van der Waals surface area contributed by atoms with E-state index in [1.54, 1.807) is 30.6 Å². The SMILES string of the molecule is Nc1ncc(-c2cccc(C(=O)O)c2)cn1. The van der Waals surface area contributed by atoms with Gasteiger partial charge in [0.2, 0.25) is 5.95 Å². The maximum absolute atomic E-state index is 10.8. The minimum absolute atomic E-state index is 0.193. The van der Waals surface area contributed by atoms with Crippen molar-refractivity contribution in [3.8, 4) is 11.1 Å². The summed E-state index contributed by atoms with van der Waals surface area (Å²) in [5.74, 6) is -0.767. The van der Waals surface area contributed by atoms with E-state index in [-0.39, 0.29) is 11.5 Å². The van der Waals surface area contributed by atoms with Crippen LogP contribution in [-0.4, -0.2) is 21.0 Å². The van der Waals surface area contributed by atoms with Gasteiger partial charge in [-0.05, 0) is 17.7 Å². The number of carbonyl (C=O) groups is 1. The first-order valence-corrected chi connectivity index (χ1v) is 4.58. The highest BCUT2D eigenvalue weighted by atomic mass is 16.4. The Balaban J connectivity index is 2.44. The van der Waals surface area contributed by atoms with E-state index < -0.39 is 5.97 Å². The fraction of sp³-hybridized carbons (Fsp3) is 0. The molecular formula is C11H9N3O2. The third-order valence-corrected chi connectivity index (χ3v) is 2.11. The van der Waals surface area contributed by atoms with E-state index in [1.807, 2.05) is 0 Å². The molecule has 1 aromatic heterocycles. The first-order chi connectivity index (χ1) is 7.66. The Kier molecular flexibility index (Phi) is 2.51. The summed E-state index contributed by atoms with van der Waals surface area (Å²) in [5, 5.41) is 8.85. The standard InChI is InChI=1S/C11H9N3O2/c12-11-13-5-9(6-14-11)7-2-1-3-8(4-7)10(15)16/h1-6H,(H,15,16)(H2,12,13,14). The molecule has 0 saturated carbocycles. The quantitative estimate of drug-likeness (QED) is 0.790. The number of hydrogen-bond acceptors (Lipinski definition) is 4. The summed E-state index contributed by atoms with van der Waals surface area (Å²) in [4.78, 5) is 18.5. The number of nitrogen functional groups attached to an aromatic ring is 1. The summed E-state index contributed by atoms with van der Waals surface area (Å²) >= 11 is 0. The molecule has 0 atom stereocenters. The summed E-state index contributed by atoms with van der Waals surface area (Å²) < 4.78 is 0. The third kappa shape index (κ3) is 1.98. The van der Waals surface area contributed by atoms with Crippen molar-refractivity contribution in [1.82, 2.24) is 9.97 Å². The number of benzene rings is 1. The Morgan fingerprint density at radius 1 is 1.19 bits per heavy atom. The van der Waals surface area contributed by atoms with Gasteiger partial charge in [0.05, 0.1) is 5.56 Å². The highest BCUT2D eigenvalue weighted by molar-refractivity contribution is 5.89. The number of nitrogens with two attached hydrogens (primary N) is 1. The molecule has 16 heavy (non-hydrogen) atoms. The average Bonchev–Trinajstić information content (AvgIpc) is 2.30. The number of nitrogens with zero attached hydrogens (tertiary/aromatic N) is 2. The molecule has 0 amide bonds. The van der Waals surface area contributed by atoms with Crippen molar-refractivity contribution in [3.63, 3.8) is 0 Å². The van der Waals surface area contributed by atoms with Crippen LogP contribution in [0.15, 0.2) is 36.7 Å². The molecule has 0 aliphatic rings. The Labute approximate surface area is 91.6 Å². The van der Waals surface area contributed by atoms with Crippen molar-refractivity contribution in [2.75, 3.05) is 5.73 Å². The molecule has 80 valence electrons. The lowest BCUT2D eigenvalue weighted by molar-refractivity contribution is 0.0697. The lowest BCUT2D eigenvalue weighted by atomic mass is 10.1. The predicted octanol–water partition coefficient (Wildman–Crippen LogP) is 1.42. The summed E-state index contributed by atoms with van der Waals surface area (Å²) in [7, 11) is 0. The van der Waals surface area contributed by atoms with E-state index in [4.69, 9.17) is 10.8 Å². The van der Waals surface area contributed by atoms with Gasteiger partial charge >= 0.3 is 5.97 Å². The van der Waals surface area contributed by atoms with Crippen LogP contribution < -0.4 is 5.73 Å². The van der Waals surface area contributed by atoms with Crippen LogP contribution in [0.25, 0.3) is 11.1 Å². The molecule has 0 unspecified atom stereocenters. The molecule has 3 N–H and O–H groups in total. The van der Waals surface area contributed by atoms with Crippen LogP contribution in [-0.2, 0) is 0 Å². The fourth-order valence-electron chi connectivity index (χ4n) is 1.32. The molecule has 0 saturated heterocycles. The van der Waals surface area contributed by atoms with Gasteiger partial charge in [-0.15, -0.1) is 0 Å². The topological polar surface area (TPSA) is 89.1 Å². The minimum atomic E-state index is -0.960. The van der Waals surface area contributed by atoms with Gasteiger partial charge in [0.15, 0.2) is 0 Å². The van der Waals surface area contributed by atoms with Crippen LogP contribution in [0, 0.1) is 0 Å². The van der Waals surface area contributed by atoms with Crippen LogP contribution in [0.2, 0.25) is 0 Å². The van der Waals surface area contributed by atoms with Gasteiger partial charge < -0.3 is 10.8 Å². The van der Waals surface area contributed by atoms with Gasteiger partial charge in [-0.25, -0.2) is 14.8 Å². The van der Waals surface area contributed by atoms with E-state index in [0.29, 0.717) is 0 Å². The summed E-state index contributed by atoms with van der Waals surface area (Å²) in [6, 6.07) is 6.57. The molecule has 0 aliphatic heterocycles. The van der Waals surface area contributed by atoms with Gasteiger partial charge in [0.25, 0.3) is 0 Å². The second-order valence-electron chi connectivity index (χ2n) is 3.22. The maximum Gasteiger partial charge on any atom is 0.335 e. The summed E-state index contributed by atoms with van der Waals surface area (Å²) in [6.45, 7) is 0. The largest absolute Gasteiger partial charge is 0.478 e. The van der Waals surface area contributed by atoms with Crippen molar-refractivity contribution in [1.29, 1.82) is 0 Å². The first kappa shape index (κ1) is 10.1. The number of aromatic carboxylic acids is 1. The Bertz CT molecular complexity index is 523. The zero-order valence-corrected chi connectivity index (χ0v) is 8.29. The third-order valence-electron chi connectivity index (χ3n) is 2.11. The number of carboxylic acid groups (broad SMARTS) is 1. The molecule has 1 aromatic carbocycles. The predicted molar refractivity (Wildman–Crippen MR) is 58.8 cm³/mol. The number of aromatic nitrogens is 2. The van der Waals surface area contributed by atoms with Gasteiger partial charge in [0.1, 0.15) is 0 Å². The van der Waals surface area contributed by atoms with Crippen molar-refractivity contribution in [2.45, 2.75) is 0 Å². The summed E-state index contributed by atoms with van der Waals surface area (Å²) in [5.41, 5.74) is 7.08. The lowest BCUT2D eigenvalue weighted by Crippen LogP contribution is -1.97. The van der Waals surface area contributed by atoms with Gasteiger partial charge in [-0.2, -0.15) is 0 Å². The Morgan fingerprint density at radius 3 is 2.50 bits per heavy atom. The van der Waals surface area contributed by atoms with E-state index in [9.17, 15) is 4.79 Å². The molecule has 0 bridgehead atoms. The monoisotopic (exact) mass is 215 g/mol. The van der Waals surface area contributed by atoms with Crippen LogP contribution in [0.1, 0.15) is 10.4 Å². The van der Waals surface area contributed by atoms with Gasteiger partial charge in [-0.1, -0.05) is 12.1 Å². The van der Waals surface area contributed by atoms with Gasteiger partial charge in [-0.3, -0.25) is 0 Å². The molecule has 1 heterocycles. The fourth-order valence-corrected chi connectivity index (χ4v) is 1.32. The first-order valence-electron chi connectivity index (χ1n) is 4.58. The van der Waals surface area contributed by atoms with E-state index in [0.717, 1.165) is 11.1 Å². The maximum atomic E-state index is 10.8. The number of anilines is 1. The molecule has 5 heteroatoms. The van der Waals surface area contributed by atoms with Crippen LogP contribution >= 0.6 is 0 Å². The average molecular weight is 215 g/mol. The van der Waals surface area contributed by atoms with Crippen molar-refractivity contribution in [3.05, 3.63) is 42.2 Å². The van der Waals surface area contributed by atoms with E-state index in [1.165, 1.54) is 6.07 Å². The second-order valence-corrected chi connectivity index (χ2v) is 3.22. The van der Waals surface area contributed by atoms with Gasteiger partial charge in [0, 0.05) is 18.0 Å². The molecule has 5 nitrogen and oxygen atoms in total. The second kappa shape index (κ2) is 3.98. The van der Waals surface area contributed by atoms with Crippen LogP contribution in [0.3, 0.4) is 0 Å². The van der Waals surface area contributed by atoms with E-state index >= 15 is 0 Å². The Hall–Kier alpha value is -2.43. The molecule has 0 aliphatic carbocycles. The van der Waals surface area contributed by atoms with Crippen LogP contribution in [0.4, 0.5) is 5.95 Å². The normalized spacial score (nSPS) is 10.0. The highest BCUT2D eigenvalue weighted by Crippen LogP contribution is 2.18. The lowest BCUT2D eigenvalue weighted by Gasteiger charge is -2.02. The highest BCUT2D eigenvalue weighted by Gasteiger charge is 2.05. The van der Waals surface area contributed by atoms with Crippen molar-refractivity contribution < 1.29 is 9.90 Å². The number of carboxylic acids is 1. The summed E-state index contributed by atoms with van der Waals surface area (Å²) in [6.07, 6.45) is 3.12. The molecule has 0 radical (unpaired) electrons. The number of rotatable bonds is 2. The smallest absolute Gasteiger partial charge is 0.335 e. The zero-order chi connectivity index (χ0) is 11.5. The zero-order valence-electron chi connectivity index (χ0n) is 8.29. The minimum Gasteiger partial charge on any atom is -0.478 e. The molecule has 0 fully saturated rings. The molecular weight excluding hydrogens is 206 g/mol. The molecule has 2 rings (SSSR count).